The molecule has 3 N–H and O–H groups in total. The van der Waals surface area contributed by atoms with Gasteiger partial charge in [0.2, 0.25) is 5.95 Å². The van der Waals surface area contributed by atoms with Crippen LogP contribution >= 0.6 is 15.9 Å². The summed E-state index contributed by atoms with van der Waals surface area (Å²) >= 11 is 3.47. The van der Waals surface area contributed by atoms with Crippen LogP contribution in [0.25, 0.3) is 0 Å². The number of aromatic amines is 1. The Balaban J connectivity index is 1.40. The molecule has 126 valence electrons. The number of hydrogen-bond acceptors (Lipinski definition) is 6. The second-order valence-corrected chi connectivity index (χ2v) is 7.02. The molecule has 0 bridgehead atoms. The lowest BCUT2D eigenvalue weighted by atomic mass is 10.3. The highest BCUT2D eigenvalue weighted by molar-refractivity contribution is 9.10. The number of H-pyrrole nitrogens is 1. The average molecular weight is 391 g/mol. The largest absolute Gasteiger partial charge is 0.493 e. The van der Waals surface area contributed by atoms with Crippen molar-refractivity contribution in [2.24, 2.45) is 0 Å². The number of ether oxygens (including phenoxy) is 1. The van der Waals surface area contributed by atoms with E-state index in [0.717, 1.165) is 22.5 Å². The van der Waals surface area contributed by atoms with E-state index in [0.29, 0.717) is 24.2 Å². The van der Waals surface area contributed by atoms with Crippen molar-refractivity contribution in [1.82, 2.24) is 20.2 Å². The van der Waals surface area contributed by atoms with Gasteiger partial charge in [-0.3, -0.25) is 5.10 Å². The van der Waals surface area contributed by atoms with E-state index in [2.05, 4.69) is 52.8 Å². The van der Waals surface area contributed by atoms with Crippen LogP contribution in [0.3, 0.4) is 0 Å². The zero-order valence-corrected chi connectivity index (χ0v) is 14.9. The lowest BCUT2D eigenvalue weighted by molar-refractivity contribution is 0.155. The molecule has 0 spiro atoms. The highest BCUT2D eigenvalue weighted by Crippen LogP contribution is 2.39. The number of allylic oxidation sites excluding steroid dienone is 1. The summed E-state index contributed by atoms with van der Waals surface area (Å²) in [6.07, 6.45) is 7.36. The quantitative estimate of drug-likeness (QED) is 0.696. The summed E-state index contributed by atoms with van der Waals surface area (Å²) in [5.41, 5.74) is 1.18. The van der Waals surface area contributed by atoms with Gasteiger partial charge in [0, 0.05) is 30.3 Å². The molecule has 1 aliphatic carbocycles. The molecule has 3 heterocycles. The smallest absolute Gasteiger partial charge is 0.224 e. The van der Waals surface area contributed by atoms with Crippen molar-refractivity contribution in [2.75, 3.05) is 17.2 Å². The van der Waals surface area contributed by atoms with E-state index < -0.39 is 0 Å². The van der Waals surface area contributed by atoms with E-state index >= 15 is 0 Å². The fourth-order valence-electron chi connectivity index (χ4n) is 2.65. The van der Waals surface area contributed by atoms with Crippen molar-refractivity contribution in [3.63, 3.8) is 0 Å². The summed E-state index contributed by atoms with van der Waals surface area (Å²) in [4.78, 5) is 8.80. The normalized spacial score (nSPS) is 19.8. The first-order chi connectivity index (χ1) is 11.7. The summed E-state index contributed by atoms with van der Waals surface area (Å²) in [5.74, 6) is 3.63. The lowest BCUT2D eigenvalue weighted by Gasteiger charge is -2.13. The molecule has 8 heteroatoms. The fraction of sp³-hybridized carbons (Fsp3) is 0.438. The predicted molar refractivity (Wildman–Crippen MR) is 95.3 cm³/mol. The van der Waals surface area contributed by atoms with Crippen molar-refractivity contribution >= 4 is 33.5 Å². The highest BCUT2D eigenvalue weighted by Gasteiger charge is 2.25. The topological polar surface area (TPSA) is 87.8 Å². The van der Waals surface area contributed by atoms with E-state index in [4.69, 9.17) is 4.74 Å². The molecule has 1 aliphatic heterocycles. The van der Waals surface area contributed by atoms with E-state index in [-0.39, 0.29) is 6.10 Å². The van der Waals surface area contributed by atoms with Gasteiger partial charge >= 0.3 is 0 Å². The fourth-order valence-corrected chi connectivity index (χ4v) is 2.94. The van der Waals surface area contributed by atoms with Crippen molar-refractivity contribution in [2.45, 2.75) is 38.2 Å². The maximum Gasteiger partial charge on any atom is 0.224 e. The van der Waals surface area contributed by atoms with Gasteiger partial charge in [0.25, 0.3) is 0 Å². The van der Waals surface area contributed by atoms with Crippen LogP contribution in [0.15, 0.2) is 28.6 Å². The van der Waals surface area contributed by atoms with Crippen LogP contribution in [0.4, 0.5) is 17.6 Å². The Bertz CT molecular complexity index is 770. The highest BCUT2D eigenvalue weighted by atomic mass is 79.9. The van der Waals surface area contributed by atoms with Gasteiger partial charge < -0.3 is 15.4 Å². The van der Waals surface area contributed by atoms with Gasteiger partial charge in [-0.05, 0) is 41.8 Å². The molecule has 7 nitrogen and oxygen atoms in total. The molecule has 2 aromatic heterocycles. The number of halogens is 1. The van der Waals surface area contributed by atoms with Crippen LogP contribution in [0.5, 0.6) is 0 Å². The molecular weight excluding hydrogens is 372 g/mol. The van der Waals surface area contributed by atoms with Crippen LogP contribution in [0, 0.1) is 0 Å². The van der Waals surface area contributed by atoms with E-state index in [9.17, 15) is 0 Å². The maximum atomic E-state index is 5.67. The van der Waals surface area contributed by atoms with Crippen molar-refractivity contribution in [1.29, 1.82) is 0 Å². The van der Waals surface area contributed by atoms with Crippen molar-refractivity contribution in [3.8, 4) is 0 Å². The van der Waals surface area contributed by atoms with Gasteiger partial charge in [0.1, 0.15) is 6.10 Å². The van der Waals surface area contributed by atoms with E-state index in [1.165, 1.54) is 18.5 Å². The molecule has 24 heavy (non-hydrogen) atoms. The number of hydrogen-bond donors (Lipinski definition) is 3. The second kappa shape index (κ2) is 6.43. The maximum absolute atomic E-state index is 5.67. The summed E-state index contributed by atoms with van der Waals surface area (Å²) < 4.78 is 6.46. The van der Waals surface area contributed by atoms with Gasteiger partial charge in [-0.15, -0.1) is 0 Å². The SMILES string of the molecule is CC1=CCC(CNc2ncc(Br)c(Nc3cc(C4CC4)[nH]n3)n2)O1. The molecule has 0 amide bonds. The number of anilines is 3. The molecule has 1 fully saturated rings. The molecular formula is C16H19BrN6O. The summed E-state index contributed by atoms with van der Waals surface area (Å²) in [6.45, 7) is 2.64. The minimum absolute atomic E-state index is 0.140. The summed E-state index contributed by atoms with van der Waals surface area (Å²) in [7, 11) is 0. The molecule has 2 aliphatic rings. The van der Waals surface area contributed by atoms with Gasteiger partial charge in [-0.2, -0.15) is 10.1 Å². The van der Waals surface area contributed by atoms with Crippen LogP contribution < -0.4 is 10.6 Å². The third-order valence-corrected chi connectivity index (χ3v) is 4.69. The number of nitrogens with one attached hydrogen (secondary N) is 3. The Labute approximate surface area is 148 Å². The molecule has 0 saturated heterocycles. The second-order valence-electron chi connectivity index (χ2n) is 6.17. The average Bonchev–Trinajstić information content (AvgIpc) is 3.18. The minimum Gasteiger partial charge on any atom is -0.493 e. The Hall–Kier alpha value is -2.09. The molecule has 4 rings (SSSR count). The van der Waals surface area contributed by atoms with E-state index in [1.807, 2.05) is 13.0 Å². The lowest BCUT2D eigenvalue weighted by Crippen LogP contribution is -2.20. The van der Waals surface area contributed by atoms with Gasteiger partial charge in [0.05, 0.1) is 16.8 Å². The molecule has 0 aromatic carbocycles. The molecule has 0 radical (unpaired) electrons. The zero-order chi connectivity index (χ0) is 16.5. The standard InChI is InChI=1S/C16H19BrN6O/c1-9-2-5-11(24-9)7-18-16-19-8-12(17)15(21-16)20-14-6-13(22-23-14)10-3-4-10/h2,6,8,10-11H,3-5,7H2,1H3,(H3,18,19,20,21,22,23). The molecule has 2 aromatic rings. The first kappa shape index (κ1) is 15.4. The number of rotatable bonds is 6. The number of nitrogens with zero attached hydrogens (tertiary/aromatic N) is 3. The Morgan fingerprint density at radius 1 is 1.42 bits per heavy atom. The van der Waals surface area contributed by atoms with Crippen molar-refractivity contribution < 1.29 is 4.74 Å². The summed E-state index contributed by atoms with van der Waals surface area (Å²) in [6, 6.07) is 2.04. The van der Waals surface area contributed by atoms with Crippen LogP contribution in [0.2, 0.25) is 0 Å². The predicted octanol–water partition coefficient (Wildman–Crippen LogP) is 3.69. The van der Waals surface area contributed by atoms with Gasteiger partial charge in [-0.25, -0.2) is 4.98 Å². The monoisotopic (exact) mass is 390 g/mol. The first-order valence-electron chi connectivity index (χ1n) is 8.09. The molecule has 1 unspecified atom stereocenters. The molecule has 1 saturated carbocycles. The van der Waals surface area contributed by atoms with Crippen LogP contribution in [-0.2, 0) is 4.74 Å². The van der Waals surface area contributed by atoms with Gasteiger partial charge in [0.15, 0.2) is 11.6 Å². The Morgan fingerprint density at radius 3 is 3.04 bits per heavy atom. The Kier molecular flexibility index (Phi) is 4.13. The summed E-state index contributed by atoms with van der Waals surface area (Å²) in [5, 5.41) is 13.8. The number of aromatic nitrogens is 4. The van der Waals surface area contributed by atoms with Gasteiger partial charge in [-0.1, -0.05) is 0 Å². The minimum atomic E-state index is 0.140. The van der Waals surface area contributed by atoms with Crippen LogP contribution in [-0.4, -0.2) is 32.8 Å². The molecule has 1 atom stereocenters. The first-order valence-corrected chi connectivity index (χ1v) is 8.89. The van der Waals surface area contributed by atoms with Crippen molar-refractivity contribution in [3.05, 3.63) is 34.3 Å². The third-order valence-electron chi connectivity index (χ3n) is 4.11. The van der Waals surface area contributed by atoms with E-state index in [1.54, 1.807) is 6.20 Å². The van der Waals surface area contributed by atoms with Crippen LogP contribution in [0.1, 0.15) is 37.8 Å². The third kappa shape index (κ3) is 3.53. The zero-order valence-electron chi connectivity index (χ0n) is 13.3. The Morgan fingerprint density at radius 2 is 2.29 bits per heavy atom.